The third kappa shape index (κ3) is 5.68. The fourth-order valence-corrected chi connectivity index (χ4v) is 3.70. The Hall–Kier alpha value is -4.50. The van der Waals surface area contributed by atoms with Crippen molar-refractivity contribution < 1.29 is 22.7 Å². The van der Waals surface area contributed by atoms with Gasteiger partial charge < -0.3 is 9.64 Å². The van der Waals surface area contributed by atoms with Gasteiger partial charge in [0.2, 0.25) is 0 Å². The van der Waals surface area contributed by atoms with Crippen molar-refractivity contribution in [2.45, 2.75) is 12.6 Å². The van der Waals surface area contributed by atoms with Gasteiger partial charge >= 0.3 is 6.18 Å². The van der Waals surface area contributed by atoms with Crippen molar-refractivity contribution in [2.24, 2.45) is 0 Å². The lowest BCUT2D eigenvalue weighted by Crippen LogP contribution is -2.27. The maximum absolute atomic E-state index is 13.4. The molecule has 0 atom stereocenters. The third-order valence-electron chi connectivity index (χ3n) is 5.34. The molecule has 4 aromatic rings. The number of anilines is 1. The van der Waals surface area contributed by atoms with E-state index in [1.807, 2.05) is 0 Å². The Labute approximate surface area is 213 Å². The molecular formula is C24H17ClF3N7O2. The second-order valence-electron chi connectivity index (χ2n) is 7.70. The predicted molar refractivity (Wildman–Crippen MR) is 127 cm³/mol. The summed E-state index contributed by atoms with van der Waals surface area (Å²) in [7, 11) is 1.56. The number of ether oxygens (including phenoxy) is 1. The minimum Gasteiger partial charge on any atom is -0.491 e. The van der Waals surface area contributed by atoms with Crippen LogP contribution in [0.2, 0.25) is 5.02 Å². The smallest absolute Gasteiger partial charge is 0.433 e. The molecule has 2 heterocycles. The number of benzene rings is 2. The number of H-pyrrole nitrogens is 1. The lowest BCUT2D eigenvalue weighted by atomic mass is 9.99. The third-order valence-corrected chi connectivity index (χ3v) is 5.66. The molecule has 0 bridgehead atoms. The van der Waals surface area contributed by atoms with Gasteiger partial charge in [-0.2, -0.15) is 18.4 Å². The number of carbonyl (C=O) groups is 1. The summed E-state index contributed by atoms with van der Waals surface area (Å²) in [5.74, 6) is 0.551. The molecule has 1 N–H and O–H groups in total. The van der Waals surface area contributed by atoms with Crippen LogP contribution < -0.4 is 9.64 Å². The van der Waals surface area contributed by atoms with Crippen LogP contribution >= 0.6 is 11.6 Å². The lowest BCUT2D eigenvalue weighted by Gasteiger charge is -2.21. The molecule has 0 radical (unpaired) electrons. The lowest BCUT2D eigenvalue weighted by molar-refractivity contribution is -0.141. The van der Waals surface area contributed by atoms with Crippen LogP contribution in [0, 0.1) is 11.3 Å². The Kier molecular flexibility index (Phi) is 7.35. The topological polar surface area (TPSA) is 121 Å². The van der Waals surface area contributed by atoms with Gasteiger partial charge in [-0.05, 0) is 46.8 Å². The molecule has 0 unspecified atom stereocenters. The number of hydrogen-bond acceptors (Lipinski definition) is 7. The molecular weight excluding hydrogens is 511 g/mol. The Morgan fingerprint density at radius 3 is 2.68 bits per heavy atom. The van der Waals surface area contributed by atoms with E-state index in [0.717, 1.165) is 6.20 Å². The first kappa shape index (κ1) is 25.6. The van der Waals surface area contributed by atoms with E-state index in [1.165, 1.54) is 23.1 Å². The number of nitriles is 1. The summed E-state index contributed by atoms with van der Waals surface area (Å²) in [6.07, 6.45) is -3.37. The molecule has 0 aliphatic heterocycles. The van der Waals surface area contributed by atoms with Gasteiger partial charge in [-0.25, -0.2) is 5.10 Å². The van der Waals surface area contributed by atoms with Crippen molar-refractivity contribution in [2.75, 3.05) is 18.6 Å². The Bertz CT molecular complexity index is 1470. The molecule has 2 aromatic heterocycles. The number of hydrogen-bond donors (Lipinski definition) is 1. The zero-order valence-electron chi connectivity index (χ0n) is 19.1. The quantitative estimate of drug-likeness (QED) is 0.369. The number of rotatable bonds is 7. The highest BCUT2D eigenvalue weighted by atomic mass is 35.5. The molecule has 0 spiro atoms. The first-order chi connectivity index (χ1) is 17.7. The highest BCUT2D eigenvalue weighted by Crippen LogP contribution is 2.35. The molecule has 0 aliphatic rings. The summed E-state index contributed by atoms with van der Waals surface area (Å²) in [4.78, 5) is 18.2. The summed E-state index contributed by atoms with van der Waals surface area (Å²) in [6.45, 7) is 0.249. The molecule has 2 aromatic carbocycles. The molecule has 0 fully saturated rings. The normalized spacial score (nSPS) is 11.1. The summed E-state index contributed by atoms with van der Waals surface area (Å²) < 4.78 is 45.0. The summed E-state index contributed by atoms with van der Waals surface area (Å²) in [5.41, 5.74) is -0.538. The maximum atomic E-state index is 13.4. The molecule has 0 aliphatic carbocycles. The second kappa shape index (κ2) is 10.6. The van der Waals surface area contributed by atoms with E-state index in [0.29, 0.717) is 29.7 Å². The number of pyridine rings is 1. The van der Waals surface area contributed by atoms with Crippen molar-refractivity contribution in [3.63, 3.8) is 0 Å². The first-order valence-electron chi connectivity index (χ1n) is 10.7. The molecule has 37 heavy (non-hydrogen) atoms. The highest BCUT2D eigenvalue weighted by Gasteiger charge is 2.33. The van der Waals surface area contributed by atoms with Crippen molar-refractivity contribution in [3.8, 4) is 22.9 Å². The number of tetrazole rings is 1. The molecule has 1 amide bonds. The van der Waals surface area contributed by atoms with Crippen molar-refractivity contribution in [1.82, 2.24) is 25.6 Å². The maximum Gasteiger partial charge on any atom is 0.433 e. The zero-order valence-corrected chi connectivity index (χ0v) is 19.9. The van der Waals surface area contributed by atoms with Crippen LogP contribution in [0.4, 0.5) is 18.9 Å². The second-order valence-corrected chi connectivity index (χ2v) is 8.10. The van der Waals surface area contributed by atoms with Gasteiger partial charge in [0.25, 0.3) is 5.91 Å². The van der Waals surface area contributed by atoms with E-state index in [9.17, 15) is 23.2 Å². The van der Waals surface area contributed by atoms with E-state index in [4.69, 9.17) is 16.3 Å². The average molecular weight is 528 g/mol. The van der Waals surface area contributed by atoms with E-state index >= 15 is 0 Å². The minimum atomic E-state index is -4.71. The Morgan fingerprint density at radius 2 is 1.97 bits per heavy atom. The molecule has 9 nitrogen and oxygen atoms in total. The molecule has 13 heteroatoms. The summed E-state index contributed by atoms with van der Waals surface area (Å²) in [6, 6.07) is 13.6. The number of halogens is 4. The fourth-order valence-electron chi connectivity index (χ4n) is 3.48. The van der Waals surface area contributed by atoms with Crippen LogP contribution in [0.5, 0.6) is 5.75 Å². The number of carbonyl (C=O) groups excluding carboxylic acids is 1. The summed E-state index contributed by atoms with van der Waals surface area (Å²) >= 11 is 6.29. The van der Waals surface area contributed by atoms with Crippen LogP contribution in [0.25, 0.3) is 11.1 Å². The molecule has 188 valence electrons. The largest absolute Gasteiger partial charge is 0.491 e. The number of amides is 1. The predicted octanol–water partition coefficient (Wildman–Crippen LogP) is 4.70. The van der Waals surface area contributed by atoms with Gasteiger partial charge in [0.15, 0.2) is 5.82 Å². The Balaban J connectivity index is 1.61. The highest BCUT2D eigenvalue weighted by molar-refractivity contribution is 6.33. The number of nitrogens with zero attached hydrogens (tertiary/aromatic N) is 6. The minimum absolute atomic E-state index is 0.0726. The average Bonchev–Trinajstić information content (AvgIpc) is 3.41. The summed E-state index contributed by atoms with van der Waals surface area (Å²) in [5, 5.41) is 23.0. The molecule has 0 saturated carbocycles. The fraction of sp³-hybridized carbons (Fsp3) is 0.167. The number of nitrogens with one attached hydrogen (secondary N) is 1. The van der Waals surface area contributed by atoms with Crippen molar-refractivity contribution in [3.05, 3.63) is 82.4 Å². The SMILES string of the molecule is CN(C(=O)c1ccc(Cl)c(-c2cnc(C(F)(F)F)cc2C#N)c1)c1ccccc1OCCc1nnn[nH]1. The van der Waals surface area contributed by atoms with Crippen LogP contribution in [0.1, 0.15) is 27.4 Å². The monoisotopic (exact) mass is 527 g/mol. The first-order valence-corrected chi connectivity index (χ1v) is 11.1. The van der Waals surface area contributed by atoms with Crippen molar-refractivity contribution >= 4 is 23.2 Å². The number of aromatic nitrogens is 5. The molecule has 0 saturated heterocycles. The number of alkyl halides is 3. The molecule has 4 rings (SSSR count). The Morgan fingerprint density at radius 1 is 1.19 bits per heavy atom. The zero-order chi connectivity index (χ0) is 26.6. The van der Waals surface area contributed by atoms with Gasteiger partial charge in [-0.1, -0.05) is 23.7 Å². The van der Waals surface area contributed by atoms with Gasteiger partial charge in [0.05, 0.1) is 23.9 Å². The number of aromatic amines is 1. The van der Waals surface area contributed by atoms with Crippen molar-refractivity contribution in [1.29, 1.82) is 5.26 Å². The van der Waals surface area contributed by atoms with Crippen LogP contribution in [-0.2, 0) is 12.6 Å². The van der Waals surface area contributed by atoms with Gasteiger partial charge in [0.1, 0.15) is 11.4 Å². The van der Waals surface area contributed by atoms with Crippen LogP contribution in [0.3, 0.4) is 0 Å². The van der Waals surface area contributed by atoms with Crippen LogP contribution in [-0.4, -0.2) is 45.2 Å². The van der Waals surface area contributed by atoms with E-state index in [2.05, 4.69) is 25.6 Å². The van der Waals surface area contributed by atoms with E-state index in [-0.39, 0.29) is 33.9 Å². The van der Waals surface area contributed by atoms with Crippen LogP contribution in [0.15, 0.2) is 54.7 Å². The van der Waals surface area contributed by atoms with Gasteiger partial charge in [0, 0.05) is 41.4 Å². The van der Waals surface area contributed by atoms with Gasteiger partial charge in [-0.15, -0.1) is 5.10 Å². The number of para-hydroxylation sites is 2. The van der Waals surface area contributed by atoms with Gasteiger partial charge in [-0.3, -0.25) is 9.78 Å². The standard InChI is InChI=1S/C24H17ClF3N7O2/c1-35(19-4-2-3-5-20(19)37-9-8-22-31-33-34-32-22)23(36)14-6-7-18(25)16(10-14)17-13-30-21(24(26,27)28)11-15(17)12-29/h2-7,10-11,13H,8-9H2,1H3,(H,31,32,33,34). The van der Waals surface area contributed by atoms with E-state index in [1.54, 1.807) is 37.4 Å². The van der Waals surface area contributed by atoms with E-state index < -0.39 is 17.8 Å².